The summed E-state index contributed by atoms with van der Waals surface area (Å²) in [7, 11) is 0. The first-order valence-corrected chi connectivity index (χ1v) is 6.85. The van der Waals surface area contributed by atoms with Crippen LogP contribution in [0.3, 0.4) is 0 Å². The van der Waals surface area contributed by atoms with Crippen LogP contribution in [0.2, 0.25) is 0 Å². The smallest absolute Gasteiger partial charge is 0.244 e. The van der Waals surface area contributed by atoms with Gasteiger partial charge in [0.15, 0.2) is 0 Å². The minimum Gasteiger partial charge on any atom is -0.329 e. The highest BCUT2D eigenvalue weighted by Crippen LogP contribution is 2.37. The molecule has 1 amide bonds. The number of anilines is 3. The molecule has 0 spiro atoms. The van der Waals surface area contributed by atoms with Crippen molar-refractivity contribution in [2.45, 2.75) is 0 Å². The molecule has 1 N–H and O–H groups in total. The van der Waals surface area contributed by atoms with Crippen molar-refractivity contribution in [3.63, 3.8) is 0 Å². The van der Waals surface area contributed by atoms with Crippen LogP contribution in [0.5, 0.6) is 0 Å². The largest absolute Gasteiger partial charge is 0.329 e. The predicted octanol–water partition coefficient (Wildman–Crippen LogP) is 3.41. The molecule has 1 aliphatic rings. The van der Waals surface area contributed by atoms with E-state index in [4.69, 9.17) is 0 Å². The number of nitriles is 1. The average molecular weight is 328 g/mol. The molecule has 2 aromatic rings. The van der Waals surface area contributed by atoms with Gasteiger partial charge in [0.2, 0.25) is 5.91 Å². The summed E-state index contributed by atoms with van der Waals surface area (Å²) >= 11 is 3.38. The Kier molecular flexibility index (Phi) is 3.17. The lowest BCUT2D eigenvalue weighted by Crippen LogP contribution is -2.35. The molecular weight excluding hydrogens is 318 g/mol. The third-order valence-corrected chi connectivity index (χ3v) is 3.83. The Morgan fingerprint density at radius 2 is 1.90 bits per heavy atom. The number of para-hydroxylation sites is 2. The minimum absolute atomic E-state index is 0.0902. The second kappa shape index (κ2) is 4.99. The van der Waals surface area contributed by atoms with Crippen LogP contribution in [0.15, 0.2) is 46.9 Å². The van der Waals surface area contributed by atoms with E-state index < -0.39 is 0 Å². The van der Waals surface area contributed by atoms with Crippen molar-refractivity contribution in [3.8, 4) is 6.07 Å². The highest BCUT2D eigenvalue weighted by atomic mass is 79.9. The van der Waals surface area contributed by atoms with E-state index in [-0.39, 0.29) is 12.5 Å². The third-order valence-electron chi connectivity index (χ3n) is 3.16. The number of nitrogens with zero attached hydrogens (tertiary/aromatic N) is 2. The van der Waals surface area contributed by atoms with Gasteiger partial charge in [-0.1, -0.05) is 18.2 Å². The van der Waals surface area contributed by atoms with Crippen LogP contribution in [0, 0.1) is 11.3 Å². The number of benzene rings is 2. The first-order valence-electron chi connectivity index (χ1n) is 6.06. The van der Waals surface area contributed by atoms with Gasteiger partial charge in [0.05, 0.1) is 22.6 Å². The molecule has 3 rings (SSSR count). The van der Waals surface area contributed by atoms with Crippen molar-refractivity contribution in [1.82, 2.24) is 0 Å². The molecule has 1 aliphatic heterocycles. The molecule has 0 saturated carbocycles. The summed E-state index contributed by atoms with van der Waals surface area (Å²) in [4.78, 5) is 13.7. The Bertz CT molecular complexity index is 736. The zero-order valence-electron chi connectivity index (χ0n) is 10.4. The first kappa shape index (κ1) is 12.7. The van der Waals surface area contributed by atoms with Crippen LogP contribution in [-0.2, 0) is 4.79 Å². The third kappa shape index (κ3) is 2.04. The van der Waals surface area contributed by atoms with Gasteiger partial charge >= 0.3 is 0 Å². The van der Waals surface area contributed by atoms with Crippen LogP contribution < -0.4 is 10.2 Å². The molecule has 4 nitrogen and oxygen atoms in total. The van der Waals surface area contributed by atoms with Crippen molar-refractivity contribution in [2.75, 3.05) is 16.8 Å². The summed E-state index contributed by atoms with van der Waals surface area (Å²) < 4.78 is 0.723. The van der Waals surface area contributed by atoms with Crippen LogP contribution in [-0.4, -0.2) is 12.5 Å². The molecule has 0 atom stereocenters. The van der Waals surface area contributed by atoms with Crippen molar-refractivity contribution in [2.24, 2.45) is 0 Å². The molecule has 0 aliphatic carbocycles. The minimum atomic E-state index is -0.0902. The standard InChI is InChI=1S/C15H10BrN3O/c16-11-4-3-7-13(10(11)8-17)19-9-15(20)18-12-5-1-2-6-14(12)19/h1-7H,9H2,(H,18,20). The number of hydrogen-bond acceptors (Lipinski definition) is 3. The van der Waals surface area contributed by atoms with Gasteiger partial charge in [0.25, 0.3) is 0 Å². The first-order chi connectivity index (χ1) is 9.70. The second-order valence-corrected chi connectivity index (χ2v) is 5.25. The Hall–Kier alpha value is -2.32. The van der Waals surface area contributed by atoms with E-state index in [1.807, 2.05) is 47.4 Å². The number of carbonyl (C=O) groups is 1. The SMILES string of the molecule is N#Cc1c(Br)cccc1N1CC(=O)Nc2ccccc21. The topological polar surface area (TPSA) is 56.1 Å². The number of halogens is 1. The highest BCUT2D eigenvalue weighted by Gasteiger charge is 2.25. The molecule has 0 radical (unpaired) electrons. The molecule has 20 heavy (non-hydrogen) atoms. The Morgan fingerprint density at radius 1 is 1.15 bits per heavy atom. The maximum Gasteiger partial charge on any atom is 0.244 e. The van der Waals surface area contributed by atoms with Crippen molar-refractivity contribution in [1.29, 1.82) is 5.26 Å². The van der Waals surface area contributed by atoms with E-state index in [1.54, 1.807) is 0 Å². The van der Waals surface area contributed by atoms with E-state index in [0.29, 0.717) is 5.56 Å². The van der Waals surface area contributed by atoms with Crippen LogP contribution in [0.25, 0.3) is 0 Å². The monoisotopic (exact) mass is 327 g/mol. The van der Waals surface area contributed by atoms with E-state index in [9.17, 15) is 10.1 Å². The zero-order valence-corrected chi connectivity index (χ0v) is 12.0. The molecule has 0 aromatic heterocycles. The summed E-state index contributed by atoms with van der Waals surface area (Å²) in [6.07, 6.45) is 0. The number of hydrogen-bond donors (Lipinski definition) is 1. The summed E-state index contributed by atoms with van der Waals surface area (Å²) in [5, 5.41) is 12.2. The molecule has 0 bridgehead atoms. The van der Waals surface area contributed by atoms with Gasteiger partial charge in [0.1, 0.15) is 12.6 Å². The quantitative estimate of drug-likeness (QED) is 0.873. The second-order valence-electron chi connectivity index (χ2n) is 4.40. The lowest BCUT2D eigenvalue weighted by Gasteiger charge is -2.31. The number of carbonyl (C=O) groups excluding carboxylic acids is 1. The van der Waals surface area contributed by atoms with E-state index in [0.717, 1.165) is 21.5 Å². The van der Waals surface area contributed by atoms with Crippen molar-refractivity contribution in [3.05, 3.63) is 52.5 Å². The number of amides is 1. The van der Waals surface area contributed by atoms with Gasteiger partial charge in [-0.05, 0) is 40.2 Å². The zero-order chi connectivity index (χ0) is 14.1. The van der Waals surface area contributed by atoms with Crippen LogP contribution >= 0.6 is 15.9 Å². The Morgan fingerprint density at radius 3 is 2.70 bits per heavy atom. The van der Waals surface area contributed by atoms with Crippen molar-refractivity contribution >= 4 is 38.9 Å². The van der Waals surface area contributed by atoms with Gasteiger partial charge < -0.3 is 10.2 Å². The van der Waals surface area contributed by atoms with E-state index in [1.165, 1.54) is 0 Å². The Balaban J connectivity index is 2.19. The highest BCUT2D eigenvalue weighted by molar-refractivity contribution is 9.10. The molecular formula is C15H10BrN3O. The fraction of sp³-hybridized carbons (Fsp3) is 0.0667. The molecule has 1 heterocycles. The maximum atomic E-state index is 11.8. The van der Waals surface area contributed by atoms with E-state index in [2.05, 4.69) is 27.3 Å². The van der Waals surface area contributed by atoms with Gasteiger partial charge in [-0.2, -0.15) is 5.26 Å². The predicted molar refractivity (Wildman–Crippen MR) is 80.9 cm³/mol. The maximum absolute atomic E-state index is 11.8. The molecule has 98 valence electrons. The van der Waals surface area contributed by atoms with E-state index >= 15 is 0 Å². The molecule has 2 aromatic carbocycles. The normalized spacial score (nSPS) is 13.4. The number of rotatable bonds is 1. The summed E-state index contributed by atoms with van der Waals surface area (Å²) in [6, 6.07) is 15.3. The van der Waals surface area contributed by atoms with Crippen molar-refractivity contribution < 1.29 is 4.79 Å². The lowest BCUT2D eigenvalue weighted by atomic mass is 10.1. The van der Waals surface area contributed by atoms with Crippen LogP contribution in [0.4, 0.5) is 17.1 Å². The molecule has 5 heteroatoms. The fourth-order valence-corrected chi connectivity index (χ4v) is 2.74. The van der Waals surface area contributed by atoms with Crippen LogP contribution in [0.1, 0.15) is 5.56 Å². The summed E-state index contributed by atoms with van der Waals surface area (Å²) in [5.74, 6) is -0.0902. The summed E-state index contributed by atoms with van der Waals surface area (Å²) in [6.45, 7) is 0.197. The summed E-state index contributed by atoms with van der Waals surface area (Å²) in [5.41, 5.74) is 2.90. The number of fused-ring (bicyclic) bond motifs is 1. The fourth-order valence-electron chi connectivity index (χ4n) is 2.30. The molecule has 0 unspecified atom stereocenters. The van der Waals surface area contributed by atoms with Gasteiger partial charge in [-0.3, -0.25) is 4.79 Å². The van der Waals surface area contributed by atoms with Gasteiger partial charge in [-0.15, -0.1) is 0 Å². The molecule has 0 fully saturated rings. The average Bonchev–Trinajstić information content (AvgIpc) is 2.46. The Labute approximate surface area is 124 Å². The van der Waals surface area contributed by atoms with Gasteiger partial charge in [0, 0.05) is 4.47 Å². The number of nitrogens with one attached hydrogen (secondary N) is 1. The van der Waals surface area contributed by atoms with Gasteiger partial charge in [-0.25, -0.2) is 0 Å². The lowest BCUT2D eigenvalue weighted by molar-refractivity contribution is -0.115. The molecule has 0 saturated heterocycles.